The first kappa shape index (κ1) is 36.8. The fraction of sp³-hybridized carbons (Fsp3) is 0.303. The number of rotatable bonds is 14. The minimum Gasteiger partial charge on any atom is -0.380 e. The standard InChI is InChI=1S/C33H30F4N4O7S/c1-32(45,31(44)39-22-10-9-21(18-38)26(17-22)33(35,36)37)19-49(46,47)14-13-48-12-4-7-29(42)25-15-20(8-11-27(25)34)16-28-23-5-2-3-6-24(23)30(43)41-40-28/h2-3,5-6,8-11,15,17,45H,4,7,12-14,16,19H2,1H3,(H,39,44)(H,41,43)/t32-/m0/s1. The molecule has 258 valence electrons. The number of carbonyl (C=O) groups is 2. The molecular weight excluding hydrogens is 672 g/mol. The van der Waals surface area contributed by atoms with Gasteiger partial charge >= 0.3 is 6.18 Å². The Bertz CT molecular complexity index is 2090. The number of aromatic nitrogens is 2. The average molecular weight is 703 g/mol. The van der Waals surface area contributed by atoms with Crippen LogP contribution >= 0.6 is 0 Å². The topological polar surface area (TPSA) is 179 Å². The Labute approximate surface area is 277 Å². The minimum absolute atomic E-state index is 0.0625. The van der Waals surface area contributed by atoms with E-state index in [4.69, 9.17) is 10.00 Å². The maximum absolute atomic E-state index is 14.5. The van der Waals surface area contributed by atoms with Crippen LogP contribution in [0.1, 0.15) is 52.5 Å². The molecule has 0 aliphatic heterocycles. The number of fused-ring (bicyclic) bond motifs is 1. The van der Waals surface area contributed by atoms with Crippen molar-refractivity contribution in [3.8, 4) is 6.07 Å². The van der Waals surface area contributed by atoms with Crippen molar-refractivity contribution in [3.05, 3.63) is 105 Å². The largest absolute Gasteiger partial charge is 0.417 e. The number of nitrogens with one attached hydrogen (secondary N) is 2. The number of aromatic amines is 1. The summed E-state index contributed by atoms with van der Waals surface area (Å²) in [5.41, 5.74) is -4.30. The first-order chi connectivity index (χ1) is 23.0. The Balaban J connectivity index is 1.25. The molecule has 0 aliphatic carbocycles. The van der Waals surface area contributed by atoms with Crippen molar-refractivity contribution in [3.63, 3.8) is 0 Å². The quantitative estimate of drug-likeness (QED) is 0.0980. The summed E-state index contributed by atoms with van der Waals surface area (Å²) in [7, 11) is -4.12. The molecule has 0 saturated carbocycles. The van der Waals surface area contributed by atoms with Gasteiger partial charge in [-0.3, -0.25) is 14.4 Å². The molecular formula is C33H30F4N4O7S. The monoisotopic (exact) mass is 702 g/mol. The molecule has 0 unspecified atom stereocenters. The van der Waals surface area contributed by atoms with E-state index >= 15 is 0 Å². The first-order valence-electron chi connectivity index (χ1n) is 14.7. The number of alkyl halides is 3. The summed E-state index contributed by atoms with van der Waals surface area (Å²) in [6.45, 7) is 0.462. The lowest BCUT2D eigenvalue weighted by Gasteiger charge is -2.22. The molecule has 0 aliphatic rings. The van der Waals surface area contributed by atoms with E-state index in [1.807, 2.05) is 5.32 Å². The summed E-state index contributed by atoms with van der Waals surface area (Å²) in [4.78, 5) is 37.4. The predicted molar refractivity (Wildman–Crippen MR) is 170 cm³/mol. The number of nitrogens with zero attached hydrogens (tertiary/aromatic N) is 2. The minimum atomic E-state index is -4.90. The molecule has 1 atom stereocenters. The van der Waals surface area contributed by atoms with Crippen LogP contribution in [0.15, 0.2) is 65.5 Å². The third kappa shape index (κ3) is 9.56. The normalized spacial score (nSPS) is 13.1. The highest BCUT2D eigenvalue weighted by atomic mass is 32.2. The summed E-state index contributed by atoms with van der Waals surface area (Å²) in [5.74, 6) is -4.22. The number of hydrogen-bond donors (Lipinski definition) is 3. The number of anilines is 1. The van der Waals surface area contributed by atoms with Crippen LogP contribution in [-0.2, 0) is 32.0 Å². The maximum Gasteiger partial charge on any atom is 0.417 e. The molecule has 3 aromatic carbocycles. The molecule has 1 aromatic heterocycles. The van der Waals surface area contributed by atoms with Gasteiger partial charge in [0.2, 0.25) is 0 Å². The molecule has 16 heteroatoms. The lowest BCUT2D eigenvalue weighted by atomic mass is 9.99. The Morgan fingerprint density at radius 3 is 2.47 bits per heavy atom. The molecule has 4 aromatic rings. The maximum atomic E-state index is 14.5. The van der Waals surface area contributed by atoms with Gasteiger partial charge in [0.15, 0.2) is 21.2 Å². The van der Waals surface area contributed by atoms with Crippen molar-refractivity contribution < 1.29 is 45.4 Å². The van der Waals surface area contributed by atoms with Crippen LogP contribution in [0.4, 0.5) is 23.2 Å². The molecule has 0 fully saturated rings. The van der Waals surface area contributed by atoms with E-state index in [0.717, 1.165) is 25.1 Å². The van der Waals surface area contributed by atoms with Gasteiger partial charge in [0.1, 0.15) is 5.82 Å². The third-order valence-corrected chi connectivity index (χ3v) is 9.19. The summed E-state index contributed by atoms with van der Waals surface area (Å²) in [6, 6.07) is 14.7. The van der Waals surface area contributed by atoms with E-state index in [9.17, 15) is 45.5 Å². The van der Waals surface area contributed by atoms with Crippen LogP contribution in [0, 0.1) is 17.1 Å². The second-order valence-electron chi connectivity index (χ2n) is 11.4. The van der Waals surface area contributed by atoms with E-state index < -0.39 is 67.4 Å². The molecule has 49 heavy (non-hydrogen) atoms. The number of sulfone groups is 1. The van der Waals surface area contributed by atoms with Gasteiger partial charge in [0.25, 0.3) is 11.5 Å². The van der Waals surface area contributed by atoms with Gasteiger partial charge in [-0.1, -0.05) is 24.3 Å². The fourth-order valence-electron chi connectivity index (χ4n) is 4.94. The Morgan fingerprint density at radius 1 is 1.06 bits per heavy atom. The average Bonchev–Trinajstić information content (AvgIpc) is 3.04. The van der Waals surface area contributed by atoms with Crippen LogP contribution < -0.4 is 10.9 Å². The number of benzene rings is 3. The van der Waals surface area contributed by atoms with Gasteiger partial charge in [-0.15, -0.1) is 0 Å². The zero-order valence-electron chi connectivity index (χ0n) is 25.9. The molecule has 11 nitrogen and oxygen atoms in total. The van der Waals surface area contributed by atoms with Crippen molar-refractivity contribution in [1.29, 1.82) is 5.26 Å². The number of ketones is 1. The highest BCUT2D eigenvalue weighted by molar-refractivity contribution is 7.91. The van der Waals surface area contributed by atoms with Gasteiger partial charge in [-0.2, -0.15) is 23.5 Å². The van der Waals surface area contributed by atoms with E-state index in [1.165, 1.54) is 18.2 Å². The predicted octanol–water partition coefficient (Wildman–Crippen LogP) is 4.33. The van der Waals surface area contributed by atoms with Crippen molar-refractivity contribution in [2.45, 2.75) is 38.0 Å². The van der Waals surface area contributed by atoms with E-state index in [0.29, 0.717) is 28.1 Å². The van der Waals surface area contributed by atoms with Crippen LogP contribution in [0.3, 0.4) is 0 Å². The first-order valence-corrected chi connectivity index (χ1v) is 16.5. The molecule has 3 N–H and O–H groups in total. The lowest BCUT2D eigenvalue weighted by Crippen LogP contribution is -2.46. The summed E-state index contributed by atoms with van der Waals surface area (Å²) >= 11 is 0. The van der Waals surface area contributed by atoms with Crippen molar-refractivity contribution in [1.82, 2.24) is 10.2 Å². The molecule has 0 saturated heterocycles. The zero-order chi connectivity index (χ0) is 36.0. The van der Waals surface area contributed by atoms with Crippen LogP contribution in [0.5, 0.6) is 0 Å². The summed E-state index contributed by atoms with van der Waals surface area (Å²) < 4.78 is 84.6. The van der Waals surface area contributed by atoms with Gasteiger partial charge in [0, 0.05) is 30.5 Å². The van der Waals surface area contributed by atoms with E-state index in [2.05, 4.69) is 10.2 Å². The molecule has 0 bridgehead atoms. The number of amides is 1. The number of aliphatic hydroxyl groups is 1. The second-order valence-corrected chi connectivity index (χ2v) is 13.5. The zero-order valence-corrected chi connectivity index (χ0v) is 26.8. The van der Waals surface area contributed by atoms with Crippen molar-refractivity contribution in [2.75, 3.05) is 30.0 Å². The smallest absolute Gasteiger partial charge is 0.380 e. The summed E-state index contributed by atoms with van der Waals surface area (Å²) in [6.07, 6.45) is -4.67. The number of carbonyl (C=O) groups excluding carboxylic acids is 2. The number of ether oxygens (including phenoxy) is 1. The lowest BCUT2D eigenvalue weighted by molar-refractivity contribution is -0.137. The number of Topliss-reactive ketones (excluding diaryl/α,β-unsaturated/α-hetero) is 1. The van der Waals surface area contributed by atoms with Crippen LogP contribution in [0.2, 0.25) is 0 Å². The SMILES string of the molecule is C[C@](O)(CS(=O)(=O)CCOCCCC(=O)c1cc(Cc2n[nH]c(=O)c3ccccc23)ccc1F)C(=O)Nc1ccc(C#N)c(C(F)(F)F)c1. The Hall–Kier alpha value is -4.98. The molecule has 1 amide bonds. The third-order valence-electron chi connectivity index (χ3n) is 7.40. The number of nitriles is 1. The van der Waals surface area contributed by atoms with E-state index in [1.54, 1.807) is 24.3 Å². The van der Waals surface area contributed by atoms with Gasteiger partial charge in [-0.25, -0.2) is 17.9 Å². The highest BCUT2D eigenvalue weighted by Gasteiger charge is 2.37. The molecule has 0 radical (unpaired) electrons. The number of H-pyrrole nitrogens is 1. The molecule has 4 rings (SSSR count). The van der Waals surface area contributed by atoms with Gasteiger partial charge < -0.3 is 15.2 Å². The van der Waals surface area contributed by atoms with Crippen molar-refractivity contribution >= 4 is 38.0 Å². The van der Waals surface area contributed by atoms with Gasteiger partial charge in [-0.05, 0) is 55.3 Å². The second kappa shape index (κ2) is 15.1. The number of halogens is 4. The van der Waals surface area contributed by atoms with Crippen molar-refractivity contribution in [2.24, 2.45) is 0 Å². The Morgan fingerprint density at radius 2 is 1.78 bits per heavy atom. The summed E-state index contributed by atoms with van der Waals surface area (Å²) in [5, 5.41) is 29.1. The Kier molecular flexibility index (Phi) is 11.3. The number of hydrogen-bond acceptors (Lipinski definition) is 9. The van der Waals surface area contributed by atoms with Crippen LogP contribution in [0.25, 0.3) is 10.8 Å². The molecule has 1 heterocycles. The highest BCUT2D eigenvalue weighted by Crippen LogP contribution is 2.33. The van der Waals surface area contributed by atoms with Crippen LogP contribution in [-0.4, -0.2) is 65.7 Å². The van der Waals surface area contributed by atoms with Gasteiger partial charge in [0.05, 0.1) is 52.0 Å². The molecule has 0 spiro atoms. The van der Waals surface area contributed by atoms with E-state index in [-0.39, 0.29) is 43.6 Å². The fourth-order valence-corrected chi connectivity index (χ4v) is 6.44.